The first-order valence-electron chi connectivity index (χ1n) is 5.94. The molecule has 1 aliphatic rings. The number of rotatable bonds is 4. The summed E-state index contributed by atoms with van der Waals surface area (Å²) in [5.74, 6) is -0.555. The molecule has 1 amide bonds. The number of hydrogen-bond donors (Lipinski definition) is 2. The van der Waals surface area contributed by atoms with Crippen molar-refractivity contribution >= 4 is 5.91 Å². The molecule has 1 saturated carbocycles. The van der Waals surface area contributed by atoms with E-state index in [1.54, 1.807) is 13.8 Å². The van der Waals surface area contributed by atoms with Crippen LogP contribution in [0.4, 0.5) is 4.39 Å². The molecule has 1 fully saturated rings. The van der Waals surface area contributed by atoms with Crippen molar-refractivity contribution in [1.82, 2.24) is 5.32 Å². The number of carbonyl (C=O) groups is 1. The number of amides is 1. The maximum atomic E-state index is 12.6. The summed E-state index contributed by atoms with van der Waals surface area (Å²) in [5, 5.41) is 12.4. The van der Waals surface area contributed by atoms with Gasteiger partial charge in [0.1, 0.15) is 0 Å². The van der Waals surface area contributed by atoms with Gasteiger partial charge in [-0.15, -0.1) is 0 Å². The van der Waals surface area contributed by atoms with Gasteiger partial charge in [0, 0.05) is 11.6 Å². The predicted molar refractivity (Wildman–Crippen MR) is 69.6 cm³/mol. The second-order valence-electron chi connectivity index (χ2n) is 5.21. The summed E-state index contributed by atoms with van der Waals surface area (Å²) in [6, 6.07) is 0.0163. The normalized spacial score (nSPS) is 28.6. The average molecular weight is 253 g/mol. The first-order chi connectivity index (χ1) is 8.19. The number of hydrogen-bond acceptors (Lipinski definition) is 2. The third-order valence-electron chi connectivity index (χ3n) is 2.85. The Morgan fingerprint density at radius 2 is 2.00 bits per heavy atom. The van der Waals surface area contributed by atoms with Crippen LogP contribution in [0.2, 0.25) is 0 Å². The van der Waals surface area contributed by atoms with Crippen LogP contribution in [0.3, 0.4) is 0 Å². The Bertz CT molecular complexity index is 410. The summed E-state index contributed by atoms with van der Waals surface area (Å²) < 4.78 is 12.6. The lowest BCUT2D eigenvalue weighted by Gasteiger charge is -2.41. The smallest absolute Gasteiger partial charge is 0.247 e. The van der Waals surface area contributed by atoms with E-state index in [4.69, 9.17) is 0 Å². The Kier molecular flexibility index (Phi) is 4.46. The molecule has 1 aliphatic carbocycles. The molecule has 0 heterocycles. The molecule has 0 saturated heterocycles. The minimum absolute atomic E-state index is 0.0163. The van der Waals surface area contributed by atoms with Crippen molar-refractivity contribution in [2.75, 3.05) is 0 Å². The first kappa shape index (κ1) is 14.6. The number of nitrogens with one attached hydrogen (secondary N) is 1. The van der Waals surface area contributed by atoms with E-state index in [9.17, 15) is 14.3 Å². The topological polar surface area (TPSA) is 49.3 Å². The monoisotopic (exact) mass is 253 g/mol. The molecule has 0 radical (unpaired) electrons. The third-order valence-corrected chi connectivity index (χ3v) is 2.85. The van der Waals surface area contributed by atoms with Crippen molar-refractivity contribution in [2.45, 2.75) is 45.3 Å². The zero-order valence-electron chi connectivity index (χ0n) is 11.1. The lowest BCUT2D eigenvalue weighted by Crippen LogP contribution is -2.53. The molecule has 18 heavy (non-hydrogen) atoms. The fraction of sp³-hybridized carbons (Fsp3) is 0.500. The van der Waals surface area contributed by atoms with E-state index in [0.29, 0.717) is 24.0 Å². The van der Waals surface area contributed by atoms with Gasteiger partial charge in [-0.3, -0.25) is 4.79 Å². The Balaban J connectivity index is 2.50. The van der Waals surface area contributed by atoms with E-state index in [2.05, 4.69) is 11.9 Å². The standard InChI is InChI=1S/C14H20FNO2/c1-9(6-11(3)15)5-10(2)13(17)16-12-7-14(4,18)8-12/h5-6,12,18H,1,7-8H2,2-4H3,(H,16,17)/b10-5+,11-6+/t12-,14+. The van der Waals surface area contributed by atoms with Gasteiger partial charge in [-0.05, 0) is 51.3 Å². The Labute approximate surface area is 107 Å². The van der Waals surface area contributed by atoms with Gasteiger partial charge in [-0.1, -0.05) is 6.58 Å². The van der Waals surface area contributed by atoms with Gasteiger partial charge in [-0.2, -0.15) is 0 Å². The van der Waals surface area contributed by atoms with Crippen molar-refractivity contribution in [3.63, 3.8) is 0 Å². The minimum Gasteiger partial charge on any atom is -0.390 e. The SMILES string of the molecule is C=C(/C=C(\C)F)/C=C(\C)C(=O)N[C@H]1C[C@@](C)(O)C1. The average Bonchev–Trinajstić information content (AvgIpc) is 2.12. The summed E-state index contributed by atoms with van der Waals surface area (Å²) in [4.78, 5) is 11.8. The zero-order valence-corrected chi connectivity index (χ0v) is 11.1. The van der Waals surface area contributed by atoms with E-state index < -0.39 is 5.60 Å². The molecule has 0 aromatic rings. The van der Waals surface area contributed by atoms with E-state index in [1.807, 2.05) is 0 Å². The van der Waals surface area contributed by atoms with Crippen molar-refractivity contribution < 1.29 is 14.3 Å². The van der Waals surface area contributed by atoms with Gasteiger partial charge < -0.3 is 10.4 Å². The van der Waals surface area contributed by atoms with Gasteiger partial charge in [-0.25, -0.2) is 4.39 Å². The van der Waals surface area contributed by atoms with Crippen LogP contribution in [0.1, 0.15) is 33.6 Å². The highest BCUT2D eigenvalue weighted by molar-refractivity contribution is 5.93. The molecule has 0 bridgehead atoms. The molecular weight excluding hydrogens is 233 g/mol. The molecule has 3 nitrogen and oxygen atoms in total. The maximum Gasteiger partial charge on any atom is 0.247 e. The van der Waals surface area contributed by atoms with E-state index in [0.717, 1.165) is 0 Å². The first-order valence-corrected chi connectivity index (χ1v) is 5.94. The molecule has 0 aliphatic heterocycles. The van der Waals surface area contributed by atoms with Crippen LogP contribution in [0.25, 0.3) is 0 Å². The quantitative estimate of drug-likeness (QED) is 0.597. The summed E-state index contributed by atoms with van der Waals surface area (Å²) in [6.07, 6.45) is 3.94. The Morgan fingerprint density at radius 3 is 2.44 bits per heavy atom. The molecule has 1 rings (SSSR count). The van der Waals surface area contributed by atoms with Crippen LogP contribution in [0, 0.1) is 0 Å². The molecule has 4 heteroatoms. The van der Waals surface area contributed by atoms with Crippen LogP contribution in [-0.4, -0.2) is 22.7 Å². The Hall–Kier alpha value is -1.42. The second kappa shape index (κ2) is 5.48. The van der Waals surface area contributed by atoms with Crippen LogP contribution >= 0.6 is 0 Å². The summed E-state index contributed by atoms with van der Waals surface area (Å²) in [5.41, 5.74) is 0.264. The van der Waals surface area contributed by atoms with Gasteiger partial charge in [0.25, 0.3) is 0 Å². The van der Waals surface area contributed by atoms with Crippen molar-refractivity contribution in [3.8, 4) is 0 Å². The van der Waals surface area contributed by atoms with Crippen molar-refractivity contribution in [3.05, 3.63) is 35.7 Å². The fourth-order valence-electron chi connectivity index (χ4n) is 2.04. The lowest BCUT2D eigenvalue weighted by molar-refractivity contribution is -0.121. The van der Waals surface area contributed by atoms with Crippen molar-refractivity contribution in [2.24, 2.45) is 0 Å². The van der Waals surface area contributed by atoms with Gasteiger partial charge in [0.2, 0.25) is 5.91 Å². The summed E-state index contributed by atoms with van der Waals surface area (Å²) in [6.45, 7) is 8.36. The van der Waals surface area contributed by atoms with E-state index >= 15 is 0 Å². The van der Waals surface area contributed by atoms with Crippen LogP contribution < -0.4 is 5.32 Å². The highest BCUT2D eigenvalue weighted by atomic mass is 19.1. The molecule has 2 N–H and O–H groups in total. The van der Waals surface area contributed by atoms with Gasteiger partial charge >= 0.3 is 0 Å². The number of carbonyl (C=O) groups excluding carboxylic acids is 1. The number of aliphatic hydroxyl groups is 1. The molecule has 100 valence electrons. The lowest BCUT2D eigenvalue weighted by atomic mass is 9.77. The van der Waals surface area contributed by atoms with Crippen LogP contribution in [0.15, 0.2) is 35.7 Å². The second-order valence-corrected chi connectivity index (χ2v) is 5.21. The Morgan fingerprint density at radius 1 is 1.44 bits per heavy atom. The third kappa shape index (κ3) is 4.45. The summed E-state index contributed by atoms with van der Waals surface area (Å²) >= 11 is 0. The van der Waals surface area contributed by atoms with Crippen LogP contribution in [0.5, 0.6) is 0 Å². The molecule has 0 spiro atoms. The highest BCUT2D eigenvalue weighted by Gasteiger charge is 2.39. The maximum absolute atomic E-state index is 12.6. The van der Waals surface area contributed by atoms with Crippen molar-refractivity contribution in [1.29, 1.82) is 0 Å². The van der Waals surface area contributed by atoms with E-state index in [1.165, 1.54) is 19.1 Å². The van der Waals surface area contributed by atoms with Crippen LogP contribution in [-0.2, 0) is 4.79 Å². The van der Waals surface area contributed by atoms with Gasteiger partial charge in [0.05, 0.1) is 11.4 Å². The largest absolute Gasteiger partial charge is 0.390 e. The minimum atomic E-state index is -0.659. The molecular formula is C14H20FNO2. The predicted octanol–water partition coefficient (Wildman–Crippen LogP) is 2.39. The molecule has 0 aromatic carbocycles. The van der Waals surface area contributed by atoms with Gasteiger partial charge in [0.15, 0.2) is 0 Å². The molecule has 0 atom stereocenters. The fourth-order valence-corrected chi connectivity index (χ4v) is 2.04. The summed E-state index contributed by atoms with van der Waals surface area (Å²) in [7, 11) is 0. The number of allylic oxidation sites excluding steroid dienone is 4. The molecule has 0 unspecified atom stereocenters. The zero-order chi connectivity index (χ0) is 13.9. The number of halogens is 1. The molecule has 0 aromatic heterocycles. The highest BCUT2D eigenvalue weighted by Crippen LogP contribution is 2.31. The van der Waals surface area contributed by atoms with E-state index in [-0.39, 0.29) is 17.8 Å².